The van der Waals surface area contributed by atoms with Gasteiger partial charge in [0.2, 0.25) is 6.23 Å². The third-order valence-electron chi connectivity index (χ3n) is 1.93. The van der Waals surface area contributed by atoms with E-state index in [0.29, 0.717) is 0 Å². The van der Waals surface area contributed by atoms with Gasteiger partial charge in [0.05, 0.1) is 27.7 Å². The normalized spacial score (nSPS) is 17.1. The average molecular weight is 190 g/mol. The van der Waals surface area contributed by atoms with Crippen LogP contribution in [0.2, 0.25) is 0 Å². The maximum absolute atomic E-state index is 5.67. The lowest BCUT2D eigenvalue weighted by Crippen LogP contribution is -2.53. The van der Waals surface area contributed by atoms with Crippen molar-refractivity contribution in [1.29, 1.82) is 0 Å². The second kappa shape index (κ2) is 5.58. The van der Waals surface area contributed by atoms with Crippen LogP contribution in [0.4, 0.5) is 0 Å². The van der Waals surface area contributed by atoms with Crippen molar-refractivity contribution in [2.45, 2.75) is 33.1 Å². The largest absolute Gasteiger partial charge is 0.370 e. The van der Waals surface area contributed by atoms with Gasteiger partial charge in [0.15, 0.2) is 0 Å². The lowest BCUT2D eigenvalue weighted by atomic mass is 10.3. The maximum atomic E-state index is 5.67. The van der Waals surface area contributed by atoms with Crippen molar-refractivity contribution in [2.24, 2.45) is 0 Å². The zero-order valence-electron chi connectivity index (χ0n) is 9.83. The molecule has 0 radical (unpaired) electrons. The van der Waals surface area contributed by atoms with Crippen molar-refractivity contribution < 1.29 is 14.0 Å². The Morgan fingerprint density at radius 2 is 1.46 bits per heavy atom. The Labute approximate surface area is 82.2 Å². The molecule has 0 N–H and O–H groups in total. The summed E-state index contributed by atoms with van der Waals surface area (Å²) in [7, 11) is 6.36. The van der Waals surface area contributed by atoms with Crippen LogP contribution in [0.15, 0.2) is 0 Å². The first-order valence-electron chi connectivity index (χ1n) is 4.97. The molecule has 3 heteroatoms. The Kier molecular flexibility index (Phi) is 5.53. The lowest BCUT2D eigenvalue weighted by molar-refractivity contribution is -0.923. The van der Waals surface area contributed by atoms with Crippen molar-refractivity contribution >= 4 is 0 Å². The molecular formula is C10H24NO2+. The lowest BCUT2D eigenvalue weighted by Gasteiger charge is -2.36. The smallest absolute Gasteiger partial charge is 0.219 e. The van der Waals surface area contributed by atoms with Crippen LogP contribution in [0.1, 0.15) is 20.8 Å². The summed E-state index contributed by atoms with van der Waals surface area (Å²) in [4.78, 5) is 0. The second-order valence-corrected chi connectivity index (χ2v) is 4.12. The zero-order valence-corrected chi connectivity index (χ0v) is 9.83. The molecule has 0 aromatic carbocycles. The molecule has 0 aliphatic rings. The van der Waals surface area contributed by atoms with Crippen molar-refractivity contribution in [3.63, 3.8) is 0 Å². The molecule has 13 heavy (non-hydrogen) atoms. The molecule has 0 aromatic heterocycles. The van der Waals surface area contributed by atoms with Gasteiger partial charge < -0.3 is 14.0 Å². The van der Waals surface area contributed by atoms with E-state index in [1.165, 1.54) is 0 Å². The Hall–Kier alpha value is -0.120. The topological polar surface area (TPSA) is 18.5 Å². The zero-order chi connectivity index (χ0) is 10.5. The fourth-order valence-corrected chi connectivity index (χ4v) is 1.50. The Balaban J connectivity index is 4.23. The van der Waals surface area contributed by atoms with Crippen molar-refractivity contribution in [2.75, 3.05) is 34.4 Å². The van der Waals surface area contributed by atoms with Gasteiger partial charge in [0.25, 0.3) is 0 Å². The fraction of sp³-hybridized carbons (Fsp3) is 1.00. The molecule has 0 saturated heterocycles. The molecule has 3 nitrogen and oxygen atoms in total. The molecule has 0 aromatic rings. The number of likely N-dealkylation sites (N-methyl/N-ethyl adjacent to an activating group) is 1. The van der Waals surface area contributed by atoms with Crippen LogP contribution in [0.25, 0.3) is 0 Å². The molecular weight excluding hydrogens is 166 g/mol. The van der Waals surface area contributed by atoms with Crippen molar-refractivity contribution in [3.8, 4) is 0 Å². The summed E-state index contributed by atoms with van der Waals surface area (Å²) in [5.41, 5.74) is 0. The fourth-order valence-electron chi connectivity index (χ4n) is 1.50. The molecule has 0 aliphatic heterocycles. The van der Waals surface area contributed by atoms with Crippen LogP contribution in [0, 0.1) is 0 Å². The van der Waals surface area contributed by atoms with Crippen LogP contribution in [0.5, 0.6) is 0 Å². The minimum atomic E-state index is 0.116. The molecule has 2 atom stereocenters. The van der Waals surface area contributed by atoms with E-state index in [9.17, 15) is 0 Å². The minimum absolute atomic E-state index is 0.116. The molecule has 0 heterocycles. The van der Waals surface area contributed by atoms with Gasteiger partial charge in [-0.25, -0.2) is 0 Å². The summed E-state index contributed by atoms with van der Waals surface area (Å²) in [6, 6.07) is 0. The molecule has 0 fully saturated rings. The number of hydrogen-bond donors (Lipinski definition) is 0. The van der Waals surface area contributed by atoms with Crippen LogP contribution < -0.4 is 0 Å². The average Bonchev–Trinajstić information content (AvgIpc) is 1.98. The van der Waals surface area contributed by atoms with Gasteiger partial charge in [-0.2, -0.15) is 0 Å². The highest BCUT2D eigenvalue weighted by molar-refractivity contribution is 4.55. The quantitative estimate of drug-likeness (QED) is 0.466. The summed E-state index contributed by atoms with van der Waals surface area (Å²) in [5, 5.41) is 0. The summed E-state index contributed by atoms with van der Waals surface area (Å²) in [6.07, 6.45) is 0.259. The Bertz CT molecular complexity index is 131. The Morgan fingerprint density at radius 1 is 1.00 bits per heavy atom. The monoisotopic (exact) mass is 190 g/mol. The van der Waals surface area contributed by atoms with E-state index in [2.05, 4.69) is 28.1 Å². The second-order valence-electron chi connectivity index (χ2n) is 4.12. The highest BCUT2D eigenvalue weighted by Gasteiger charge is 2.30. The summed E-state index contributed by atoms with van der Waals surface area (Å²) < 4.78 is 12.0. The molecule has 0 aliphatic carbocycles. The third kappa shape index (κ3) is 4.60. The molecule has 0 saturated carbocycles. The van der Waals surface area contributed by atoms with Crippen LogP contribution >= 0.6 is 0 Å². The van der Waals surface area contributed by atoms with Gasteiger partial charge in [-0.1, -0.05) is 0 Å². The predicted octanol–water partition coefficient (Wildman–Crippen LogP) is 1.48. The van der Waals surface area contributed by atoms with E-state index in [4.69, 9.17) is 9.47 Å². The van der Waals surface area contributed by atoms with Crippen LogP contribution in [-0.2, 0) is 9.47 Å². The van der Waals surface area contributed by atoms with Gasteiger partial charge >= 0.3 is 0 Å². The van der Waals surface area contributed by atoms with Gasteiger partial charge in [0.1, 0.15) is 6.10 Å². The van der Waals surface area contributed by atoms with Crippen molar-refractivity contribution in [3.05, 3.63) is 0 Å². The third-order valence-corrected chi connectivity index (χ3v) is 1.93. The van der Waals surface area contributed by atoms with Gasteiger partial charge in [-0.3, -0.25) is 0 Å². The standard InChI is InChI=1S/C10H24NO2/c1-7-12-9(3)10(13-8-2)11(4,5)6/h9-10H,7-8H2,1-6H3/q+1. The summed E-state index contributed by atoms with van der Waals surface area (Å²) in [5.74, 6) is 0. The predicted molar refractivity (Wildman–Crippen MR) is 54.5 cm³/mol. The molecule has 80 valence electrons. The van der Waals surface area contributed by atoms with Gasteiger partial charge in [-0.05, 0) is 20.8 Å². The molecule has 0 rings (SSSR count). The first-order valence-corrected chi connectivity index (χ1v) is 4.97. The van der Waals surface area contributed by atoms with E-state index in [1.54, 1.807) is 0 Å². The summed E-state index contributed by atoms with van der Waals surface area (Å²) >= 11 is 0. The van der Waals surface area contributed by atoms with Gasteiger partial charge in [-0.15, -0.1) is 0 Å². The SMILES string of the molecule is CCOC(C)C(OCC)[N+](C)(C)C. The van der Waals surface area contributed by atoms with Crippen LogP contribution in [0.3, 0.4) is 0 Å². The van der Waals surface area contributed by atoms with E-state index >= 15 is 0 Å². The number of quaternary nitrogens is 1. The van der Waals surface area contributed by atoms with E-state index < -0.39 is 0 Å². The molecule has 2 unspecified atom stereocenters. The number of rotatable bonds is 6. The number of hydrogen-bond acceptors (Lipinski definition) is 2. The number of nitrogens with zero attached hydrogens (tertiary/aromatic N) is 1. The molecule has 0 amide bonds. The highest BCUT2D eigenvalue weighted by Crippen LogP contribution is 2.12. The van der Waals surface area contributed by atoms with E-state index in [0.717, 1.165) is 17.7 Å². The van der Waals surface area contributed by atoms with Gasteiger partial charge in [0, 0.05) is 6.61 Å². The maximum Gasteiger partial charge on any atom is 0.219 e. The Morgan fingerprint density at radius 3 is 1.77 bits per heavy atom. The summed E-state index contributed by atoms with van der Waals surface area (Å²) in [6.45, 7) is 7.56. The highest BCUT2D eigenvalue weighted by atomic mass is 16.6. The van der Waals surface area contributed by atoms with Crippen LogP contribution in [-0.4, -0.2) is 51.2 Å². The molecule has 0 spiro atoms. The van der Waals surface area contributed by atoms with E-state index in [1.807, 2.05) is 13.8 Å². The first-order chi connectivity index (χ1) is 5.93. The number of ether oxygens (including phenoxy) is 2. The minimum Gasteiger partial charge on any atom is -0.370 e. The first kappa shape index (κ1) is 12.9. The molecule has 0 bridgehead atoms. The van der Waals surface area contributed by atoms with Crippen molar-refractivity contribution in [1.82, 2.24) is 0 Å². The van der Waals surface area contributed by atoms with E-state index in [-0.39, 0.29) is 12.3 Å².